The third-order valence-corrected chi connectivity index (χ3v) is 3.01. The van der Waals surface area contributed by atoms with Crippen molar-refractivity contribution in [3.05, 3.63) is 66.0 Å². The van der Waals surface area contributed by atoms with Gasteiger partial charge in [-0.25, -0.2) is 0 Å². The normalized spacial score (nSPS) is 14.2. The first kappa shape index (κ1) is 11.8. The van der Waals surface area contributed by atoms with Crippen LogP contribution in [-0.4, -0.2) is 4.98 Å². The summed E-state index contributed by atoms with van der Waals surface area (Å²) >= 11 is 0. The van der Waals surface area contributed by atoms with E-state index in [1.165, 1.54) is 11.1 Å². The maximum Gasteiger partial charge on any atom is 0.0298 e. The molecule has 1 unspecified atom stereocenters. The summed E-state index contributed by atoms with van der Waals surface area (Å²) in [6, 6.07) is 15.3. The molecule has 0 aliphatic rings. The fourth-order valence-electron chi connectivity index (χ4n) is 1.96. The molecule has 1 heterocycles. The van der Waals surface area contributed by atoms with Gasteiger partial charge < -0.3 is 5.32 Å². The van der Waals surface area contributed by atoms with Gasteiger partial charge in [0, 0.05) is 24.5 Å². The first-order chi connectivity index (χ1) is 8.27. The van der Waals surface area contributed by atoms with E-state index in [0.29, 0.717) is 12.1 Å². The van der Waals surface area contributed by atoms with Crippen LogP contribution in [0.3, 0.4) is 0 Å². The van der Waals surface area contributed by atoms with Gasteiger partial charge in [0.15, 0.2) is 0 Å². The Morgan fingerprint density at radius 1 is 0.824 bits per heavy atom. The minimum atomic E-state index is 0.327. The van der Waals surface area contributed by atoms with Crippen molar-refractivity contribution in [3.63, 3.8) is 0 Å². The van der Waals surface area contributed by atoms with E-state index in [2.05, 4.69) is 60.5 Å². The van der Waals surface area contributed by atoms with Gasteiger partial charge >= 0.3 is 0 Å². The van der Waals surface area contributed by atoms with Gasteiger partial charge in [-0.2, -0.15) is 0 Å². The molecule has 0 aliphatic carbocycles. The number of hydrogen-bond donors (Lipinski definition) is 1. The molecule has 2 aromatic rings. The molecule has 1 aromatic carbocycles. The number of nitrogens with zero attached hydrogens (tertiary/aromatic N) is 1. The van der Waals surface area contributed by atoms with E-state index in [1.54, 1.807) is 0 Å². The Labute approximate surface area is 103 Å². The molecule has 17 heavy (non-hydrogen) atoms. The molecule has 0 aliphatic heterocycles. The van der Waals surface area contributed by atoms with Crippen LogP contribution in [0.2, 0.25) is 0 Å². The summed E-state index contributed by atoms with van der Waals surface area (Å²) in [5.41, 5.74) is 2.58. The quantitative estimate of drug-likeness (QED) is 0.863. The standard InChI is InChI=1S/C15H18N2/c1-12(14-6-4-3-5-7-14)17-13(2)15-8-10-16-11-9-15/h3-13,17H,1-2H3/t12?,13-/m0/s1. The molecule has 1 N–H and O–H groups in total. The molecule has 0 amide bonds. The molecule has 0 spiro atoms. The predicted octanol–water partition coefficient (Wildman–Crippen LogP) is 3.49. The van der Waals surface area contributed by atoms with Gasteiger partial charge in [-0.1, -0.05) is 30.3 Å². The highest BCUT2D eigenvalue weighted by atomic mass is 14.9. The number of pyridine rings is 1. The Morgan fingerprint density at radius 3 is 1.94 bits per heavy atom. The lowest BCUT2D eigenvalue weighted by Gasteiger charge is -2.20. The number of hydrogen-bond acceptors (Lipinski definition) is 2. The lowest BCUT2D eigenvalue weighted by Crippen LogP contribution is -2.22. The molecule has 1 aromatic heterocycles. The maximum absolute atomic E-state index is 4.04. The minimum Gasteiger partial charge on any atom is -0.304 e. The minimum absolute atomic E-state index is 0.327. The van der Waals surface area contributed by atoms with E-state index >= 15 is 0 Å². The second kappa shape index (κ2) is 5.60. The van der Waals surface area contributed by atoms with Gasteiger partial charge in [0.25, 0.3) is 0 Å². The zero-order chi connectivity index (χ0) is 12.1. The van der Waals surface area contributed by atoms with E-state index in [4.69, 9.17) is 0 Å². The monoisotopic (exact) mass is 226 g/mol. The summed E-state index contributed by atoms with van der Waals surface area (Å²) in [5, 5.41) is 3.58. The smallest absolute Gasteiger partial charge is 0.0298 e. The maximum atomic E-state index is 4.04. The Bertz CT molecular complexity index is 395. The number of aromatic nitrogens is 1. The molecule has 2 nitrogen and oxygen atoms in total. The summed E-state index contributed by atoms with van der Waals surface area (Å²) in [6.45, 7) is 4.36. The van der Waals surface area contributed by atoms with Crippen LogP contribution in [0.4, 0.5) is 0 Å². The van der Waals surface area contributed by atoms with Gasteiger partial charge in [-0.15, -0.1) is 0 Å². The lowest BCUT2D eigenvalue weighted by molar-refractivity contribution is 0.494. The summed E-state index contributed by atoms with van der Waals surface area (Å²) in [6.07, 6.45) is 3.67. The van der Waals surface area contributed by atoms with Crippen LogP contribution in [0.1, 0.15) is 37.1 Å². The van der Waals surface area contributed by atoms with E-state index in [1.807, 2.05) is 18.5 Å². The third kappa shape index (κ3) is 3.14. The summed E-state index contributed by atoms with van der Waals surface area (Å²) < 4.78 is 0. The zero-order valence-corrected chi connectivity index (χ0v) is 10.3. The highest BCUT2D eigenvalue weighted by molar-refractivity contribution is 5.20. The second-order valence-corrected chi connectivity index (χ2v) is 4.30. The van der Waals surface area contributed by atoms with E-state index < -0.39 is 0 Å². The fourth-order valence-corrected chi connectivity index (χ4v) is 1.96. The summed E-state index contributed by atoms with van der Waals surface area (Å²) in [5.74, 6) is 0. The van der Waals surface area contributed by atoms with Crippen LogP contribution in [0.15, 0.2) is 54.9 Å². The SMILES string of the molecule is CC(N[C@@H](C)c1ccncc1)c1ccccc1. The zero-order valence-electron chi connectivity index (χ0n) is 10.3. The Balaban J connectivity index is 2.02. The van der Waals surface area contributed by atoms with Gasteiger partial charge in [0.05, 0.1) is 0 Å². The van der Waals surface area contributed by atoms with Gasteiger partial charge in [-0.05, 0) is 37.1 Å². The van der Waals surface area contributed by atoms with Gasteiger partial charge in [0.1, 0.15) is 0 Å². The third-order valence-electron chi connectivity index (χ3n) is 3.01. The highest BCUT2D eigenvalue weighted by Crippen LogP contribution is 2.18. The Kier molecular flexibility index (Phi) is 3.89. The molecule has 2 heteroatoms. The van der Waals surface area contributed by atoms with Gasteiger partial charge in [0.2, 0.25) is 0 Å². The predicted molar refractivity (Wildman–Crippen MR) is 70.6 cm³/mol. The van der Waals surface area contributed by atoms with E-state index in [9.17, 15) is 0 Å². The average molecular weight is 226 g/mol. The van der Waals surface area contributed by atoms with Crippen molar-refractivity contribution >= 4 is 0 Å². The fraction of sp³-hybridized carbons (Fsp3) is 0.267. The van der Waals surface area contributed by atoms with Crippen molar-refractivity contribution in [1.82, 2.24) is 10.3 Å². The Hall–Kier alpha value is -1.67. The first-order valence-electron chi connectivity index (χ1n) is 5.98. The van der Waals surface area contributed by atoms with E-state index in [0.717, 1.165) is 0 Å². The number of nitrogens with one attached hydrogen (secondary N) is 1. The topological polar surface area (TPSA) is 24.9 Å². The highest BCUT2D eigenvalue weighted by Gasteiger charge is 2.10. The van der Waals surface area contributed by atoms with Crippen LogP contribution < -0.4 is 5.32 Å². The molecule has 0 bridgehead atoms. The number of rotatable bonds is 4. The van der Waals surface area contributed by atoms with Gasteiger partial charge in [-0.3, -0.25) is 4.98 Å². The largest absolute Gasteiger partial charge is 0.304 e. The molecular formula is C15H18N2. The molecule has 2 rings (SSSR count). The molecule has 0 saturated heterocycles. The molecular weight excluding hydrogens is 208 g/mol. The Morgan fingerprint density at radius 2 is 1.35 bits per heavy atom. The molecule has 0 saturated carbocycles. The van der Waals surface area contributed by atoms with Crippen LogP contribution in [0, 0.1) is 0 Å². The van der Waals surface area contributed by atoms with Crippen LogP contribution in [-0.2, 0) is 0 Å². The van der Waals surface area contributed by atoms with Crippen molar-refractivity contribution in [3.8, 4) is 0 Å². The second-order valence-electron chi connectivity index (χ2n) is 4.30. The van der Waals surface area contributed by atoms with Crippen LogP contribution in [0.25, 0.3) is 0 Å². The van der Waals surface area contributed by atoms with Crippen molar-refractivity contribution in [2.45, 2.75) is 25.9 Å². The van der Waals surface area contributed by atoms with Crippen molar-refractivity contribution in [2.24, 2.45) is 0 Å². The molecule has 0 fully saturated rings. The summed E-state index contributed by atoms with van der Waals surface area (Å²) in [4.78, 5) is 4.04. The van der Waals surface area contributed by atoms with E-state index in [-0.39, 0.29) is 0 Å². The van der Waals surface area contributed by atoms with Crippen molar-refractivity contribution in [1.29, 1.82) is 0 Å². The first-order valence-corrected chi connectivity index (χ1v) is 5.98. The van der Waals surface area contributed by atoms with Crippen molar-refractivity contribution < 1.29 is 0 Å². The molecule has 0 radical (unpaired) electrons. The van der Waals surface area contributed by atoms with Crippen molar-refractivity contribution in [2.75, 3.05) is 0 Å². The summed E-state index contributed by atoms with van der Waals surface area (Å²) in [7, 11) is 0. The van der Waals surface area contributed by atoms with Crippen LogP contribution in [0.5, 0.6) is 0 Å². The molecule has 88 valence electrons. The lowest BCUT2D eigenvalue weighted by atomic mass is 10.1. The molecule has 2 atom stereocenters. The average Bonchev–Trinajstić information content (AvgIpc) is 2.40. The number of benzene rings is 1. The van der Waals surface area contributed by atoms with Crippen LogP contribution >= 0.6 is 0 Å².